The van der Waals surface area contributed by atoms with Crippen molar-refractivity contribution >= 4 is 38.2 Å². The van der Waals surface area contributed by atoms with Crippen LogP contribution in [0.15, 0.2) is 59.5 Å². The summed E-state index contributed by atoms with van der Waals surface area (Å²) in [4.78, 5) is 29.0. The molecule has 0 saturated carbocycles. The molecule has 1 aromatic heterocycles. The maximum Gasteiger partial charge on any atom is 0.256 e. The lowest BCUT2D eigenvalue weighted by atomic mass is 10.0. The lowest BCUT2D eigenvalue weighted by molar-refractivity contribution is 0.0962. The van der Waals surface area contributed by atoms with Crippen molar-refractivity contribution in [3.63, 3.8) is 0 Å². The first-order valence-electron chi connectivity index (χ1n) is 11.7. The number of carbonyl (C=O) groups is 2. The Kier molecular flexibility index (Phi) is 7.89. The number of nitrogens with zero attached hydrogens (tertiary/aromatic N) is 2. The zero-order valence-electron chi connectivity index (χ0n) is 20.6. The second-order valence-corrected chi connectivity index (χ2v) is 11.7. The molecule has 0 atom stereocenters. The third-order valence-corrected chi connectivity index (χ3v) is 9.30. The quantitative estimate of drug-likeness (QED) is 0.468. The molecule has 0 saturated heterocycles. The third-order valence-electron chi connectivity index (χ3n) is 6.24. The van der Waals surface area contributed by atoms with Gasteiger partial charge < -0.3 is 15.5 Å². The Labute approximate surface area is 216 Å². The Balaban J connectivity index is 1.54. The lowest BCUT2D eigenvalue weighted by Gasteiger charge is -2.22. The van der Waals surface area contributed by atoms with Gasteiger partial charge in [-0.15, -0.1) is 11.3 Å². The summed E-state index contributed by atoms with van der Waals surface area (Å²) in [6.45, 7) is 3.95. The Morgan fingerprint density at radius 3 is 2.39 bits per heavy atom. The van der Waals surface area contributed by atoms with Gasteiger partial charge in [-0.25, -0.2) is 8.42 Å². The number of benzene rings is 2. The first-order valence-corrected chi connectivity index (χ1v) is 14.0. The maximum absolute atomic E-state index is 13.2. The van der Waals surface area contributed by atoms with E-state index in [-0.39, 0.29) is 17.3 Å². The number of nitrogens with one attached hydrogen (secondary N) is 2. The third kappa shape index (κ3) is 5.36. The molecule has 8 nitrogen and oxygen atoms in total. The zero-order valence-corrected chi connectivity index (χ0v) is 22.2. The van der Waals surface area contributed by atoms with Gasteiger partial charge in [0.25, 0.3) is 11.8 Å². The number of anilines is 1. The van der Waals surface area contributed by atoms with Gasteiger partial charge in [-0.3, -0.25) is 9.59 Å². The van der Waals surface area contributed by atoms with Gasteiger partial charge in [0.1, 0.15) is 5.00 Å². The number of hydrogen-bond donors (Lipinski definition) is 2. The van der Waals surface area contributed by atoms with Crippen molar-refractivity contribution in [1.29, 1.82) is 0 Å². The van der Waals surface area contributed by atoms with Crippen molar-refractivity contribution in [3.05, 3.63) is 81.7 Å². The number of fused-ring (bicyclic) bond motifs is 1. The summed E-state index contributed by atoms with van der Waals surface area (Å²) < 4.78 is 27.8. The molecule has 2 heterocycles. The number of amides is 2. The van der Waals surface area contributed by atoms with E-state index >= 15 is 0 Å². The van der Waals surface area contributed by atoms with E-state index in [0.717, 1.165) is 35.5 Å². The van der Waals surface area contributed by atoms with E-state index in [1.54, 1.807) is 14.0 Å². The van der Waals surface area contributed by atoms with Gasteiger partial charge in [0.2, 0.25) is 10.0 Å². The molecular formula is C26H30N4O4S2. The van der Waals surface area contributed by atoms with Crippen LogP contribution in [0.5, 0.6) is 0 Å². The first kappa shape index (κ1) is 26.0. The number of rotatable bonds is 8. The molecule has 1 aliphatic rings. The van der Waals surface area contributed by atoms with Crippen LogP contribution in [0.1, 0.15) is 43.6 Å². The van der Waals surface area contributed by atoms with E-state index in [4.69, 9.17) is 0 Å². The van der Waals surface area contributed by atoms with Gasteiger partial charge in [-0.2, -0.15) is 4.31 Å². The van der Waals surface area contributed by atoms with Crippen LogP contribution in [-0.2, 0) is 29.5 Å². The summed E-state index contributed by atoms with van der Waals surface area (Å²) in [6.07, 6.45) is 0.740. The van der Waals surface area contributed by atoms with Crippen molar-refractivity contribution in [2.24, 2.45) is 0 Å². The number of hydrogen-bond acceptors (Lipinski definition) is 6. The second-order valence-electron chi connectivity index (χ2n) is 8.67. The minimum atomic E-state index is -3.73. The molecule has 0 bridgehead atoms. The van der Waals surface area contributed by atoms with Gasteiger partial charge >= 0.3 is 0 Å². The Bertz CT molecular complexity index is 1350. The molecule has 190 valence electrons. The van der Waals surface area contributed by atoms with Crippen molar-refractivity contribution in [3.8, 4) is 0 Å². The topological polar surface area (TPSA) is 98.8 Å². The molecule has 10 heteroatoms. The molecule has 2 amide bonds. The fraction of sp³-hybridized carbons (Fsp3) is 0.308. The lowest BCUT2D eigenvalue weighted by Crippen LogP contribution is -2.30. The van der Waals surface area contributed by atoms with E-state index in [9.17, 15) is 18.0 Å². The van der Waals surface area contributed by atoms with Crippen LogP contribution in [0.2, 0.25) is 0 Å². The highest BCUT2D eigenvalue weighted by atomic mass is 32.2. The number of likely N-dealkylation sites (N-methyl/N-ethyl adjacent to an activating group) is 1. The highest BCUT2D eigenvalue weighted by Crippen LogP contribution is 2.37. The van der Waals surface area contributed by atoms with E-state index in [2.05, 4.69) is 15.5 Å². The van der Waals surface area contributed by atoms with Gasteiger partial charge in [0.15, 0.2) is 0 Å². The molecule has 2 aromatic carbocycles. The highest BCUT2D eigenvalue weighted by Gasteiger charge is 2.28. The molecule has 0 radical (unpaired) electrons. The maximum atomic E-state index is 13.2. The normalized spacial score (nSPS) is 13.9. The van der Waals surface area contributed by atoms with Crippen LogP contribution in [0, 0.1) is 0 Å². The van der Waals surface area contributed by atoms with E-state index in [1.807, 2.05) is 37.4 Å². The van der Waals surface area contributed by atoms with Crippen molar-refractivity contribution in [2.45, 2.75) is 31.3 Å². The second kappa shape index (κ2) is 10.9. The number of thiophene rings is 1. The molecule has 0 fully saturated rings. The molecule has 0 unspecified atom stereocenters. The summed E-state index contributed by atoms with van der Waals surface area (Å²) in [5.74, 6) is -0.625. The van der Waals surface area contributed by atoms with Gasteiger partial charge in [0.05, 0.1) is 10.5 Å². The summed E-state index contributed by atoms with van der Waals surface area (Å²) in [7, 11) is -0.137. The fourth-order valence-corrected chi connectivity index (χ4v) is 7.00. The summed E-state index contributed by atoms with van der Waals surface area (Å²) in [5.41, 5.74) is 2.70. The van der Waals surface area contributed by atoms with Crippen LogP contribution in [0.4, 0.5) is 5.00 Å². The highest BCUT2D eigenvalue weighted by molar-refractivity contribution is 7.89. The SMILES string of the molecule is CCN(Cc1ccccc1)S(=O)(=O)c1ccc(C(=O)Nc2sc3c(c2C(=O)NC)CCN(C)C3)cc1. The fourth-order valence-electron chi connectivity index (χ4n) is 4.24. The van der Waals surface area contributed by atoms with Crippen molar-refractivity contribution in [2.75, 3.05) is 32.5 Å². The van der Waals surface area contributed by atoms with Gasteiger partial charge in [0, 0.05) is 43.7 Å². The van der Waals surface area contributed by atoms with Crippen LogP contribution in [-0.4, -0.2) is 56.6 Å². The van der Waals surface area contributed by atoms with E-state index < -0.39 is 15.9 Å². The van der Waals surface area contributed by atoms with Crippen molar-refractivity contribution < 1.29 is 18.0 Å². The Morgan fingerprint density at radius 1 is 1.06 bits per heavy atom. The molecule has 1 aliphatic heterocycles. The summed E-state index contributed by atoms with van der Waals surface area (Å²) >= 11 is 1.41. The predicted octanol–water partition coefficient (Wildman–Crippen LogP) is 3.56. The molecule has 36 heavy (non-hydrogen) atoms. The zero-order chi connectivity index (χ0) is 25.9. The molecule has 0 aliphatic carbocycles. The van der Waals surface area contributed by atoms with Gasteiger partial charge in [-0.1, -0.05) is 37.3 Å². The Hall–Kier alpha value is -3.05. The number of sulfonamides is 1. The van der Waals surface area contributed by atoms with E-state index in [0.29, 0.717) is 22.7 Å². The molecule has 2 N–H and O–H groups in total. The summed E-state index contributed by atoms with van der Waals surface area (Å²) in [5, 5.41) is 6.06. The van der Waals surface area contributed by atoms with Crippen LogP contribution in [0.3, 0.4) is 0 Å². The molecule has 0 spiro atoms. The average Bonchev–Trinajstić information content (AvgIpc) is 3.23. The molecular weight excluding hydrogens is 496 g/mol. The monoisotopic (exact) mass is 526 g/mol. The molecule has 3 aromatic rings. The minimum Gasteiger partial charge on any atom is -0.355 e. The minimum absolute atomic E-state index is 0.123. The van der Waals surface area contributed by atoms with E-state index in [1.165, 1.54) is 39.9 Å². The largest absolute Gasteiger partial charge is 0.355 e. The Morgan fingerprint density at radius 2 is 1.75 bits per heavy atom. The van der Waals surface area contributed by atoms with Crippen LogP contribution in [0.25, 0.3) is 0 Å². The smallest absolute Gasteiger partial charge is 0.256 e. The van der Waals surface area contributed by atoms with Gasteiger partial charge in [-0.05, 0) is 48.9 Å². The average molecular weight is 527 g/mol. The standard InChI is InChI=1S/C26H30N4O4S2/c1-4-30(16-18-8-6-5-7-9-18)36(33,34)20-12-10-19(11-13-20)24(31)28-26-23(25(32)27-2)21-14-15-29(3)17-22(21)35-26/h5-13H,4,14-17H2,1-3H3,(H,27,32)(H,28,31). The number of carbonyl (C=O) groups excluding carboxylic acids is 2. The predicted molar refractivity (Wildman–Crippen MR) is 142 cm³/mol. The van der Waals surface area contributed by atoms with Crippen LogP contribution >= 0.6 is 11.3 Å². The summed E-state index contributed by atoms with van der Waals surface area (Å²) in [6, 6.07) is 15.3. The van der Waals surface area contributed by atoms with Crippen molar-refractivity contribution in [1.82, 2.24) is 14.5 Å². The molecule has 4 rings (SSSR count). The first-order chi connectivity index (χ1) is 17.2. The van der Waals surface area contributed by atoms with Crippen LogP contribution < -0.4 is 10.6 Å².